The van der Waals surface area contributed by atoms with Gasteiger partial charge in [-0.25, -0.2) is 18.7 Å². The van der Waals surface area contributed by atoms with Gasteiger partial charge in [-0.05, 0) is 36.2 Å². The average Bonchev–Trinajstić information content (AvgIpc) is 2.92. The highest BCUT2D eigenvalue weighted by molar-refractivity contribution is 6.32. The molecule has 1 fully saturated rings. The van der Waals surface area contributed by atoms with Gasteiger partial charge < -0.3 is 25.7 Å². The summed E-state index contributed by atoms with van der Waals surface area (Å²) in [5, 5.41) is 0.671. The zero-order valence-corrected chi connectivity index (χ0v) is 21.9. The van der Waals surface area contributed by atoms with Crippen molar-refractivity contribution in [1.82, 2.24) is 14.9 Å². The van der Waals surface area contributed by atoms with Crippen molar-refractivity contribution in [2.75, 3.05) is 50.9 Å². The van der Waals surface area contributed by atoms with Crippen LogP contribution in [0.1, 0.15) is 12.0 Å². The van der Waals surface area contributed by atoms with E-state index in [4.69, 9.17) is 37.3 Å². The van der Waals surface area contributed by atoms with E-state index < -0.39 is 11.6 Å². The van der Waals surface area contributed by atoms with Crippen LogP contribution in [0.5, 0.6) is 11.5 Å². The maximum atomic E-state index is 15.2. The summed E-state index contributed by atoms with van der Waals surface area (Å²) in [6.07, 6.45) is 0.825. The predicted octanol–water partition coefficient (Wildman–Crippen LogP) is 5.07. The topological polar surface area (TPSA) is 109 Å². The predicted molar refractivity (Wildman–Crippen MR) is 147 cm³/mol. The van der Waals surface area contributed by atoms with Crippen molar-refractivity contribution in [3.05, 3.63) is 70.8 Å². The van der Waals surface area contributed by atoms with Crippen LogP contribution in [0, 0.1) is 11.6 Å². The SMILES string of the molecule is Nc1cc2c(N)nc(-c3cc(Cl)c(OCc4cccc(F)c4)cc3F)nc2cc1OCCCN1CCOCC1. The lowest BCUT2D eigenvalue weighted by atomic mass is 10.1. The molecule has 0 amide bonds. The lowest BCUT2D eigenvalue weighted by Gasteiger charge is -2.26. The molecule has 1 aromatic heterocycles. The number of hydrogen-bond donors (Lipinski definition) is 2. The smallest absolute Gasteiger partial charge is 0.165 e. The molecule has 0 radical (unpaired) electrons. The minimum absolute atomic E-state index is 0.0202. The number of halogens is 3. The molecule has 1 aliphatic heterocycles. The van der Waals surface area contributed by atoms with Crippen molar-refractivity contribution in [1.29, 1.82) is 0 Å². The molecular weight excluding hydrogens is 528 g/mol. The number of rotatable bonds is 9. The van der Waals surface area contributed by atoms with Crippen LogP contribution >= 0.6 is 11.6 Å². The zero-order chi connectivity index (χ0) is 27.4. The highest BCUT2D eigenvalue weighted by Crippen LogP contribution is 2.35. The number of ether oxygens (including phenoxy) is 3. The Morgan fingerprint density at radius 2 is 1.79 bits per heavy atom. The fraction of sp³-hybridized carbons (Fsp3) is 0.286. The van der Waals surface area contributed by atoms with Gasteiger partial charge in [0.25, 0.3) is 0 Å². The summed E-state index contributed by atoms with van der Waals surface area (Å²) < 4.78 is 45.5. The second-order valence-electron chi connectivity index (χ2n) is 9.18. The molecule has 0 saturated carbocycles. The molecule has 0 spiro atoms. The van der Waals surface area contributed by atoms with E-state index in [9.17, 15) is 4.39 Å². The molecule has 0 aliphatic carbocycles. The van der Waals surface area contributed by atoms with E-state index in [-0.39, 0.29) is 34.6 Å². The molecule has 0 unspecified atom stereocenters. The number of morpholine rings is 1. The van der Waals surface area contributed by atoms with E-state index in [1.165, 1.54) is 18.2 Å². The maximum Gasteiger partial charge on any atom is 0.165 e. The Morgan fingerprint density at radius 1 is 0.974 bits per heavy atom. The minimum Gasteiger partial charge on any atom is -0.491 e. The fourth-order valence-corrected chi connectivity index (χ4v) is 4.55. The standard InChI is InChI=1S/C28H28ClF2N5O3/c29-21-12-19(22(31)14-25(21)39-16-17-3-1-4-18(30)11-17)28-34-24-15-26(23(32)13-20(24)27(33)35-28)38-8-2-5-36-6-9-37-10-7-36/h1,3-4,11-15H,2,5-10,16,32H2,(H2,33,34,35). The molecular formula is C28H28ClF2N5O3. The molecule has 2 heterocycles. The molecule has 11 heteroatoms. The highest BCUT2D eigenvalue weighted by Gasteiger charge is 2.17. The van der Waals surface area contributed by atoms with Crippen LogP contribution in [-0.4, -0.2) is 54.3 Å². The van der Waals surface area contributed by atoms with Crippen LogP contribution in [0.4, 0.5) is 20.3 Å². The van der Waals surface area contributed by atoms with Crippen LogP contribution in [0.15, 0.2) is 48.5 Å². The first-order chi connectivity index (χ1) is 18.9. The molecule has 0 bridgehead atoms. The molecule has 39 heavy (non-hydrogen) atoms. The van der Waals surface area contributed by atoms with Gasteiger partial charge in [0.1, 0.15) is 35.6 Å². The Bertz CT molecular complexity index is 1480. The molecule has 4 N–H and O–H groups in total. The number of aromatic nitrogens is 2. The van der Waals surface area contributed by atoms with Crippen molar-refractivity contribution >= 4 is 34.0 Å². The summed E-state index contributed by atoms with van der Waals surface area (Å²) in [5.74, 6) is -0.272. The molecule has 5 rings (SSSR count). The van der Waals surface area contributed by atoms with Crippen molar-refractivity contribution in [3.63, 3.8) is 0 Å². The number of fused-ring (bicyclic) bond motifs is 1. The zero-order valence-electron chi connectivity index (χ0n) is 21.1. The van der Waals surface area contributed by atoms with Gasteiger partial charge in [-0.1, -0.05) is 23.7 Å². The Hall–Kier alpha value is -3.73. The van der Waals surface area contributed by atoms with E-state index in [0.29, 0.717) is 34.5 Å². The average molecular weight is 556 g/mol. The second-order valence-corrected chi connectivity index (χ2v) is 9.58. The van der Waals surface area contributed by atoms with Gasteiger partial charge in [0.05, 0.1) is 41.6 Å². The van der Waals surface area contributed by atoms with Crippen LogP contribution in [0.2, 0.25) is 5.02 Å². The van der Waals surface area contributed by atoms with Crippen molar-refractivity contribution < 1.29 is 23.0 Å². The largest absolute Gasteiger partial charge is 0.491 e. The molecule has 1 aliphatic rings. The lowest BCUT2D eigenvalue weighted by molar-refractivity contribution is 0.0358. The quantitative estimate of drug-likeness (QED) is 0.218. The van der Waals surface area contributed by atoms with Gasteiger partial charge in [0.2, 0.25) is 0 Å². The maximum absolute atomic E-state index is 15.2. The van der Waals surface area contributed by atoms with Crippen LogP contribution < -0.4 is 20.9 Å². The summed E-state index contributed by atoms with van der Waals surface area (Å²) in [6.45, 7) is 4.72. The Balaban J connectivity index is 1.33. The Morgan fingerprint density at radius 3 is 2.59 bits per heavy atom. The van der Waals surface area contributed by atoms with Gasteiger partial charge in [-0.2, -0.15) is 0 Å². The summed E-state index contributed by atoms with van der Waals surface area (Å²) in [5.41, 5.74) is 13.9. The van der Waals surface area contributed by atoms with E-state index in [1.54, 1.807) is 24.3 Å². The molecule has 204 valence electrons. The molecule has 8 nitrogen and oxygen atoms in total. The third-order valence-electron chi connectivity index (χ3n) is 6.38. The lowest BCUT2D eigenvalue weighted by Crippen LogP contribution is -2.37. The number of anilines is 2. The number of hydrogen-bond acceptors (Lipinski definition) is 8. The van der Waals surface area contributed by atoms with Gasteiger partial charge in [0.15, 0.2) is 5.82 Å². The van der Waals surface area contributed by atoms with Gasteiger partial charge >= 0.3 is 0 Å². The normalized spacial score (nSPS) is 14.0. The number of nitrogen functional groups attached to an aromatic ring is 2. The van der Waals surface area contributed by atoms with E-state index >= 15 is 4.39 Å². The van der Waals surface area contributed by atoms with Gasteiger partial charge in [-0.3, -0.25) is 4.90 Å². The third kappa shape index (κ3) is 6.47. The van der Waals surface area contributed by atoms with E-state index in [2.05, 4.69) is 14.9 Å². The Kier molecular flexibility index (Phi) is 8.25. The minimum atomic E-state index is -0.651. The summed E-state index contributed by atoms with van der Waals surface area (Å²) in [7, 11) is 0. The van der Waals surface area contributed by atoms with Crippen LogP contribution in [0.3, 0.4) is 0 Å². The summed E-state index contributed by atoms with van der Waals surface area (Å²) in [4.78, 5) is 11.1. The summed E-state index contributed by atoms with van der Waals surface area (Å²) >= 11 is 6.38. The molecule has 0 atom stereocenters. The monoisotopic (exact) mass is 555 g/mol. The molecule has 1 saturated heterocycles. The number of nitrogens with zero attached hydrogens (tertiary/aromatic N) is 3. The van der Waals surface area contributed by atoms with E-state index in [1.807, 2.05) is 0 Å². The van der Waals surface area contributed by atoms with Crippen molar-refractivity contribution in [2.45, 2.75) is 13.0 Å². The number of nitrogens with two attached hydrogens (primary N) is 2. The van der Waals surface area contributed by atoms with Gasteiger partial charge in [0, 0.05) is 37.2 Å². The third-order valence-corrected chi connectivity index (χ3v) is 6.68. The van der Waals surface area contributed by atoms with Crippen molar-refractivity contribution in [2.24, 2.45) is 0 Å². The van der Waals surface area contributed by atoms with Crippen molar-refractivity contribution in [3.8, 4) is 22.9 Å². The molecule has 3 aromatic carbocycles. The first-order valence-electron chi connectivity index (χ1n) is 12.5. The van der Waals surface area contributed by atoms with Gasteiger partial charge in [-0.15, -0.1) is 0 Å². The second kappa shape index (κ2) is 12.0. The van der Waals surface area contributed by atoms with Crippen LogP contribution in [-0.2, 0) is 11.3 Å². The summed E-state index contributed by atoms with van der Waals surface area (Å²) in [6, 6.07) is 11.8. The molecule has 4 aromatic rings. The van der Waals surface area contributed by atoms with E-state index in [0.717, 1.165) is 45.3 Å². The van der Waals surface area contributed by atoms with Crippen LogP contribution in [0.25, 0.3) is 22.3 Å². The first-order valence-corrected chi connectivity index (χ1v) is 12.9. The highest BCUT2D eigenvalue weighted by atomic mass is 35.5. The first kappa shape index (κ1) is 26.9. The fourth-order valence-electron chi connectivity index (χ4n) is 4.34. The number of benzene rings is 3. The Labute approximate surface area is 229 Å².